The van der Waals surface area contributed by atoms with E-state index < -0.39 is 0 Å². The monoisotopic (exact) mass is 520 g/mol. The molecule has 6 rings (SSSR count). The summed E-state index contributed by atoms with van der Waals surface area (Å²) >= 11 is 0. The van der Waals surface area contributed by atoms with E-state index in [-0.39, 0.29) is 17.6 Å². The third-order valence-corrected chi connectivity index (χ3v) is 6.62. The van der Waals surface area contributed by atoms with Crippen molar-refractivity contribution in [1.29, 1.82) is 0 Å². The first-order valence-electron chi connectivity index (χ1n) is 12.5. The average molecular weight is 521 g/mol. The third kappa shape index (κ3) is 4.59. The molecule has 194 valence electrons. The lowest BCUT2D eigenvalue weighted by molar-refractivity contribution is -0.118. The molecule has 0 aliphatic heterocycles. The van der Waals surface area contributed by atoms with E-state index in [1.165, 1.54) is 19.2 Å². The normalized spacial score (nSPS) is 11.4. The summed E-state index contributed by atoms with van der Waals surface area (Å²) in [5, 5.41) is 12.2. The van der Waals surface area contributed by atoms with Crippen molar-refractivity contribution >= 4 is 33.5 Å². The Balaban J connectivity index is 1.41. The number of carbonyl (C=O) groups excluding carboxylic acids is 1. The molecule has 0 spiro atoms. The molecular formula is C30H25FN6O2. The highest BCUT2D eigenvalue weighted by atomic mass is 19.1. The molecule has 2 aromatic carbocycles. The van der Waals surface area contributed by atoms with Crippen LogP contribution in [0.15, 0.2) is 73.2 Å². The molecule has 0 atom stereocenters. The predicted octanol–water partition coefficient (Wildman–Crippen LogP) is 6.58. The Kier molecular flexibility index (Phi) is 6.03. The maximum Gasteiger partial charge on any atom is 0.226 e. The van der Waals surface area contributed by atoms with Gasteiger partial charge in [0.1, 0.15) is 11.6 Å². The van der Waals surface area contributed by atoms with Crippen LogP contribution < -0.4 is 10.1 Å². The van der Waals surface area contributed by atoms with Crippen LogP contribution in [0.3, 0.4) is 0 Å². The van der Waals surface area contributed by atoms with E-state index in [0.29, 0.717) is 17.1 Å². The topological polar surface area (TPSA) is 109 Å². The molecule has 9 heteroatoms. The van der Waals surface area contributed by atoms with Crippen molar-refractivity contribution in [3.63, 3.8) is 0 Å². The quantitative estimate of drug-likeness (QED) is 0.230. The third-order valence-electron chi connectivity index (χ3n) is 6.62. The number of hydrogen-bond donors (Lipinski definition) is 3. The van der Waals surface area contributed by atoms with Crippen LogP contribution in [0.1, 0.15) is 13.8 Å². The van der Waals surface area contributed by atoms with E-state index in [1.54, 1.807) is 18.6 Å². The molecule has 0 aliphatic rings. The predicted molar refractivity (Wildman–Crippen MR) is 150 cm³/mol. The Bertz CT molecular complexity index is 1860. The number of nitrogens with one attached hydrogen (secondary N) is 3. The van der Waals surface area contributed by atoms with E-state index in [9.17, 15) is 9.18 Å². The molecule has 0 aliphatic carbocycles. The Morgan fingerprint density at radius 2 is 1.82 bits per heavy atom. The Hall–Kier alpha value is -5.05. The van der Waals surface area contributed by atoms with Crippen molar-refractivity contribution < 1.29 is 13.9 Å². The van der Waals surface area contributed by atoms with E-state index >= 15 is 0 Å². The summed E-state index contributed by atoms with van der Waals surface area (Å²) in [5.74, 6) is -0.120. The van der Waals surface area contributed by atoms with E-state index in [2.05, 4.69) is 30.5 Å². The number of fused-ring (bicyclic) bond motifs is 2. The number of carbonyl (C=O) groups is 1. The lowest BCUT2D eigenvalue weighted by Crippen LogP contribution is -2.17. The van der Waals surface area contributed by atoms with Gasteiger partial charge in [-0.3, -0.25) is 14.9 Å². The molecule has 4 heterocycles. The SMILES string of the molecule is COc1cc(F)cc(-c2cccc3[nH]c(-c4[nH]nc5ncc(-c6cncc(NC(=O)C(C)C)c6)cc45)cc23)c1. The van der Waals surface area contributed by atoms with E-state index in [0.717, 1.165) is 49.9 Å². The van der Waals surface area contributed by atoms with Gasteiger partial charge in [0.15, 0.2) is 5.65 Å². The maximum absolute atomic E-state index is 14.3. The zero-order valence-corrected chi connectivity index (χ0v) is 21.5. The summed E-state index contributed by atoms with van der Waals surface area (Å²) < 4.78 is 19.5. The molecular weight excluding hydrogens is 495 g/mol. The number of anilines is 1. The standard InChI is InChI=1S/C30H25FN6O2/c1-16(2)30(38)34-21-8-18(13-32-15-21)19-10-25-28(36-37-29(25)33-14-19)27-12-24-23(5-4-6-26(24)35-27)17-7-20(31)11-22(9-17)39-3/h4-16,35H,1-3H3,(H,34,38)(H,33,36,37). The van der Waals surface area contributed by atoms with Crippen molar-refractivity contribution in [1.82, 2.24) is 25.1 Å². The Morgan fingerprint density at radius 1 is 0.974 bits per heavy atom. The van der Waals surface area contributed by atoms with Gasteiger partial charge in [0.2, 0.25) is 5.91 Å². The van der Waals surface area contributed by atoms with Gasteiger partial charge in [-0.1, -0.05) is 26.0 Å². The van der Waals surface area contributed by atoms with Crippen LogP contribution in [0, 0.1) is 11.7 Å². The fourth-order valence-electron chi connectivity index (χ4n) is 4.59. The fourth-order valence-corrected chi connectivity index (χ4v) is 4.59. The zero-order valence-electron chi connectivity index (χ0n) is 21.5. The molecule has 0 unspecified atom stereocenters. The van der Waals surface area contributed by atoms with Crippen LogP contribution in [0.5, 0.6) is 5.75 Å². The number of pyridine rings is 2. The molecule has 0 saturated carbocycles. The summed E-state index contributed by atoms with van der Waals surface area (Å²) in [5.41, 5.74) is 6.93. The first-order chi connectivity index (χ1) is 18.9. The molecule has 39 heavy (non-hydrogen) atoms. The molecule has 6 aromatic rings. The molecule has 8 nitrogen and oxygen atoms in total. The minimum Gasteiger partial charge on any atom is -0.497 e. The molecule has 0 saturated heterocycles. The van der Waals surface area contributed by atoms with Gasteiger partial charge in [-0.25, -0.2) is 9.37 Å². The van der Waals surface area contributed by atoms with Gasteiger partial charge >= 0.3 is 0 Å². The number of nitrogens with zero attached hydrogens (tertiary/aromatic N) is 3. The number of rotatable bonds is 6. The van der Waals surface area contributed by atoms with Crippen molar-refractivity contribution in [3.05, 3.63) is 79.0 Å². The summed E-state index contributed by atoms with van der Waals surface area (Å²) in [6.45, 7) is 3.68. The maximum atomic E-state index is 14.3. The summed E-state index contributed by atoms with van der Waals surface area (Å²) in [7, 11) is 1.52. The van der Waals surface area contributed by atoms with Gasteiger partial charge in [0, 0.05) is 51.8 Å². The number of aromatic nitrogens is 5. The van der Waals surface area contributed by atoms with Crippen molar-refractivity contribution in [2.75, 3.05) is 12.4 Å². The highest BCUT2D eigenvalue weighted by molar-refractivity contribution is 6.01. The van der Waals surface area contributed by atoms with Crippen LogP contribution in [0.25, 0.3) is 55.6 Å². The van der Waals surface area contributed by atoms with Gasteiger partial charge in [0.05, 0.1) is 30.4 Å². The highest BCUT2D eigenvalue weighted by Crippen LogP contribution is 2.36. The van der Waals surface area contributed by atoms with E-state index in [4.69, 9.17) is 4.74 Å². The van der Waals surface area contributed by atoms with Crippen molar-refractivity contribution in [2.24, 2.45) is 5.92 Å². The second kappa shape index (κ2) is 9.68. The van der Waals surface area contributed by atoms with Crippen LogP contribution in [0.2, 0.25) is 0 Å². The van der Waals surface area contributed by atoms with E-state index in [1.807, 2.05) is 56.3 Å². The minimum absolute atomic E-state index is 0.0745. The van der Waals surface area contributed by atoms with Gasteiger partial charge in [-0.15, -0.1) is 0 Å². The van der Waals surface area contributed by atoms with Gasteiger partial charge in [0.25, 0.3) is 0 Å². The van der Waals surface area contributed by atoms with Crippen LogP contribution in [-0.2, 0) is 4.79 Å². The molecule has 1 amide bonds. The lowest BCUT2D eigenvalue weighted by Gasteiger charge is -2.09. The smallest absolute Gasteiger partial charge is 0.226 e. The number of ether oxygens (including phenoxy) is 1. The highest BCUT2D eigenvalue weighted by Gasteiger charge is 2.16. The van der Waals surface area contributed by atoms with Crippen molar-refractivity contribution in [2.45, 2.75) is 13.8 Å². The average Bonchev–Trinajstić information content (AvgIpc) is 3.56. The fraction of sp³-hybridized carbons (Fsp3) is 0.133. The number of hydrogen-bond acceptors (Lipinski definition) is 5. The summed E-state index contributed by atoms with van der Waals surface area (Å²) in [4.78, 5) is 24.5. The number of halogens is 1. The number of methoxy groups -OCH3 is 1. The second-order valence-electron chi connectivity index (χ2n) is 9.63. The molecule has 4 aromatic heterocycles. The van der Waals surface area contributed by atoms with Gasteiger partial charge in [-0.2, -0.15) is 5.10 Å². The van der Waals surface area contributed by atoms with Crippen molar-refractivity contribution in [3.8, 4) is 39.4 Å². The minimum atomic E-state index is -0.363. The van der Waals surface area contributed by atoms with Gasteiger partial charge in [-0.05, 0) is 47.5 Å². The van der Waals surface area contributed by atoms with Crippen LogP contribution in [0.4, 0.5) is 10.1 Å². The zero-order chi connectivity index (χ0) is 27.1. The molecule has 0 radical (unpaired) electrons. The number of benzene rings is 2. The number of aromatic amines is 2. The van der Waals surface area contributed by atoms with Crippen LogP contribution >= 0.6 is 0 Å². The first kappa shape index (κ1) is 24.3. The van der Waals surface area contributed by atoms with Gasteiger partial charge < -0.3 is 15.0 Å². The summed E-state index contributed by atoms with van der Waals surface area (Å²) in [6.07, 6.45) is 5.09. The molecule has 0 bridgehead atoms. The second-order valence-corrected chi connectivity index (χ2v) is 9.63. The largest absolute Gasteiger partial charge is 0.497 e. The van der Waals surface area contributed by atoms with Crippen LogP contribution in [-0.4, -0.2) is 38.2 Å². The summed E-state index contributed by atoms with van der Waals surface area (Å²) in [6, 6.07) is 16.4. The Morgan fingerprint density at radius 3 is 2.64 bits per heavy atom. The lowest BCUT2D eigenvalue weighted by atomic mass is 10.0. The number of amides is 1. The molecule has 0 fully saturated rings. The Labute approximate surface area is 223 Å². The number of H-pyrrole nitrogens is 2. The first-order valence-corrected chi connectivity index (χ1v) is 12.5. The molecule has 3 N–H and O–H groups in total.